The number of hydrogen-bond acceptors (Lipinski definition) is 5. The summed E-state index contributed by atoms with van der Waals surface area (Å²) in [5.41, 5.74) is 1.69. The van der Waals surface area contributed by atoms with Gasteiger partial charge in [0.05, 0.1) is 7.11 Å². The van der Waals surface area contributed by atoms with Crippen LogP contribution in [0.1, 0.15) is 48.0 Å². The Morgan fingerprint density at radius 1 is 0.969 bits per heavy atom. The lowest BCUT2D eigenvalue weighted by Gasteiger charge is -2.40. The molecule has 2 aliphatic rings. The van der Waals surface area contributed by atoms with E-state index in [-0.39, 0.29) is 5.78 Å². The van der Waals surface area contributed by atoms with Crippen molar-refractivity contribution in [2.24, 2.45) is 0 Å². The molecule has 1 saturated heterocycles. The zero-order chi connectivity index (χ0) is 22.2. The Labute approximate surface area is 191 Å². The quantitative estimate of drug-likeness (QED) is 0.436. The van der Waals surface area contributed by atoms with Crippen molar-refractivity contribution in [3.05, 3.63) is 71.9 Å². The minimum atomic E-state index is -0.0207. The number of rotatable bonds is 8. The van der Waals surface area contributed by atoms with Gasteiger partial charge in [0.1, 0.15) is 6.61 Å². The van der Waals surface area contributed by atoms with Crippen LogP contribution >= 0.6 is 0 Å². The number of methoxy groups -OCH3 is 1. The first-order valence-corrected chi connectivity index (χ1v) is 11.8. The maximum atomic E-state index is 12.7. The van der Waals surface area contributed by atoms with Gasteiger partial charge in [-0.1, -0.05) is 49.6 Å². The monoisotopic (exact) mass is 434 g/mol. The van der Waals surface area contributed by atoms with E-state index in [1.165, 1.54) is 32.1 Å². The van der Waals surface area contributed by atoms with E-state index in [1.54, 1.807) is 25.3 Å². The van der Waals surface area contributed by atoms with E-state index in [4.69, 9.17) is 9.47 Å². The van der Waals surface area contributed by atoms with Gasteiger partial charge in [-0.3, -0.25) is 9.69 Å². The van der Waals surface area contributed by atoms with Crippen LogP contribution in [0.15, 0.2) is 60.8 Å². The Morgan fingerprint density at radius 3 is 2.44 bits per heavy atom. The number of ether oxygens (including phenoxy) is 2. The zero-order valence-corrected chi connectivity index (χ0v) is 19.0. The minimum Gasteiger partial charge on any atom is -0.493 e. The third-order valence-electron chi connectivity index (χ3n) is 6.56. The molecule has 32 heavy (non-hydrogen) atoms. The van der Waals surface area contributed by atoms with Crippen LogP contribution in [-0.4, -0.2) is 54.9 Å². The summed E-state index contributed by atoms with van der Waals surface area (Å²) in [6, 6.07) is 16.1. The molecule has 2 aromatic rings. The molecule has 0 radical (unpaired) electrons. The number of hydrogen-bond donors (Lipinski definition) is 0. The number of carbonyl (C=O) groups is 1. The highest BCUT2D eigenvalue weighted by atomic mass is 16.5. The molecule has 0 N–H and O–H groups in total. The lowest BCUT2D eigenvalue weighted by molar-refractivity contribution is 0.0977. The Balaban J connectivity index is 1.30. The minimum absolute atomic E-state index is 0.0207. The maximum absolute atomic E-state index is 12.7. The zero-order valence-electron chi connectivity index (χ0n) is 19.0. The Bertz CT molecular complexity index is 898. The van der Waals surface area contributed by atoms with Gasteiger partial charge in [0.25, 0.3) is 0 Å². The van der Waals surface area contributed by atoms with Crippen LogP contribution in [0.5, 0.6) is 11.5 Å². The van der Waals surface area contributed by atoms with E-state index >= 15 is 0 Å². The van der Waals surface area contributed by atoms with E-state index in [0.717, 1.165) is 37.8 Å². The highest BCUT2D eigenvalue weighted by Crippen LogP contribution is 2.29. The summed E-state index contributed by atoms with van der Waals surface area (Å²) in [6.45, 7) is 4.60. The van der Waals surface area contributed by atoms with Gasteiger partial charge in [0.15, 0.2) is 17.3 Å². The molecule has 0 unspecified atom stereocenters. The fourth-order valence-corrected chi connectivity index (χ4v) is 4.64. The molecule has 1 aliphatic heterocycles. The van der Waals surface area contributed by atoms with Gasteiger partial charge in [-0.2, -0.15) is 0 Å². The molecule has 170 valence electrons. The van der Waals surface area contributed by atoms with Gasteiger partial charge in [-0.05, 0) is 36.6 Å². The van der Waals surface area contributed by atoms with Crippen molar-refractivity contribution >= 4 is 5.78 Å². The Morgan fingerprint density at radius 2 is 1.72 bits per heavy atom. The van der Waals surface area contributed by atoms with Crippen molar-refractivity contribution in [2.45, 2.75) is 44.8 Å². The first kappa shape index (κ1) is 22.4. The number of benzene rings is 2. The van der Waals surface area contributed by atoms with E-state index in [1.807, 2.05) is 42.6 Å². The number of carbonyl (C=O) groups excluding carboxylic acids is 1. The van der Waals surface area contributed by atoms with Gasteiger partial charge >= 0.3 is 0 Å². The molecular formula is C27H34N2O3. The normalized spacial score (nSPS) is 18.1. The summed E-state index contributed by atoms with van der Waals surface area (Å²) in [4.78, 5) is 17.6. The largest absolute Gasteiger partial charge is 0.493 e. The van der Waals surface area contributed by atoms with Crippen molar-refractivity contribution in [1.82, 2.24) is 9.80 Å². The number of ketones is 1. The van der Waals surface area contributed by atoms with Crippen molar-refractivity contribution in [3.63, 3.8) is 0 Å². The van der Waals surface area contributed by atoms with Crippen LogP contribution in [-0.2, 0) is 6.61 Å². The van der Waals surface area contributed by atoms with E-state index in [0.29, 0.717) is 23.7 Å². The summed E-state index contributed by atoms with van der Waals surface area (Å²) in [6.07, 6.45) is 10.5. The topological polar surface area (TPSA) is 42.0 Å². The molecule has 4 rings (SSSR count). The number of allylic oxidation sites excluding steroid dienone is 1. The van der Waals surface area contributed by atoms with Crippen molar-refractivity contribution in [2.75, 3.05) is 33.3 Å². The maximum Gasteiger partial charge on any atom is 0.187 e. The van der Waals surface area contributed by atoms with Crippen molar-refractivity contribution in [3.8, 4) is 11.5 Å². The van der Waals surface area contributed by atoms with Crippen LogP contribution < -0.4 is 9.47 Å². The van der Waals surface area contributed by atoms with Crippen LogP contribution in [0.4, 0.5) is 0 Å². The standard InChI is InChI=1S/C27H34N2O3/c1-31-27-20-23(12-13-26(27)32-21-22-8-4-2-5-9-22)25(30)14-15-28-16-18-29(19-17-28)24-10-6-3-7-11-24/h2,4-5,8-9,12-15,20,24H,3,6-7,10-11,16-19,21H2,1H3. The second kappa shape index (κ2) is 11.2. The molecule has 2 fully saturated rings. The second-order valence-electron chi connectivity index (χ2n) is 8.68. The van der Waals surface area contributed by atoms with Crippen molar-refractivity contribution in [1.29, 1.82) is 0 Å². The second-order valence-corrected chi connectivity index (χ2v) is 8.68. The van der Waals surface area contributed by atoms with Crippen LogP contribution in [0.3, 0.4) is 0 Å². The molecule has 5 heteroatoms. The third kappa shape index (κ3) is 5.92. The fourth-order valence-electron chi connectivity index (χ4n) is 4.64. The SMILES string of the molecule is COc1cc(C(=O)C=CN2CCN(C3CCCCC3)CC2)ccc1OCc1ccccc1. The van der Waals surface area contributed by atoms with Gasteiger partial charge < -0.3 is 14.4 Å². The van der Waals surface area contributed by atoms with Gasteiger partial charge in [0.2, 0.25) is 0 Å². The van der Waals surface area contributed by atoms with E-state index in [9.17, 15) is 4.79 Å². The lowest BCUT2D eigenvalue weighted by atomic mass is 9.94. The molecule has 1 heterocycles. The van der Waals surface area contributed by atoms with Gasteiger partial charge in [-0.15, -0.1) is 0 Å². The molecule has 1 aliphatic carbocycles. The Kier molecular flexibility index (Phi) is 7.83. The Hall–Kier alpha value is -2.79. The molecule has 0 atom stereocenters. The predicted octanol–water partition coefficient (Wildman–Crippen LogP) is 4.92. The molecule has 0 amide bonds. The first-order valence-electron chi connectivity index (χ1n) is 11.8. The molecule has 5 nitrogen and oxygen atoms in total. The summed E-state index contributed by atoms with van der Waals surface area (Å²) >= 11 is 0. The smallest absolute Gasteiger partial charge is 0.187 e. The predicted molar refractivity (Wildman–Crippen MR) is 127 cm³/mol. The summed E-state index contributed by atoms with van der Waals surface area (Å²) in [7, 11) is 1.60. The summed E-state index contributed by atoms with van der Waals surface area (Å²) in [5.74, 6) is 1.18. The third-order valence-corrected chi connectivity index (χ3v) is 6.56. The molecule has 2 aromatic carbocycles. The molecular weight excluding hydrogens is 400 g/mol. The van der Waals surface area contributed by atoms with Crippen LogP contribution in [0, 0.1) is 0 Å². The number of piperazine rings is 1. The first-order chi connectivity index (χ1) is 15.7. The van der Waals surface area contributed by atoms with E-state index in [2.05, 4.69) is 9.80 Å². The average molecular weight is 435 g/mol. The summed E-state index contributed by atoms with van der Waals surface area (Å²) in [5, 5.41) is 0. The highest BCUT2D eigenvalue weighted by Gasteiger charge is 2.24. The van der Waals surface area contributed by atoms with Crippen LogP contribution in [0.2, 0.25) is 0 Å². The van der Waals surface area contributed by atoms with Crippen molar-refractivity contribution < 1.29 is 14.3 Å². The van der Waals surface area contributed by atoms with E-state index < -0.39 is 0 Å². The lowest BCUT2D eigenvalue weighted by Crippen LogP contribution is -2.49. The van der Waals surface area contributed by atoms with Gasteiger partial charge in [-0.25, -0.2) is 0 Å². The average Bonchev–Trinajstić information content (AvgIpc) is 2.87. The van der Waals surface area contributed by atoms with Gasteiger partial charge in [0, 0.05) is 50.1 Å². The summed E-state index contributed by atoms with van der Waals surface area (Å²) < 4.78 is 11.4. The fraction of sp³-hybridized carbons (Fsp3) is 0.444. The van der Waals surface area contributed by atoms with Crippen LogP contribution in [0.25, 0.3) is 0 Å². The molecule has 0 aromatic heterocycles. The number of nitrogens with zero attached hydrogens (tertiary/aromatic N) is 2. The molecule has 1 saturated carbocycles. The molecule has 0 spiro atoms. The highest BCUT2D eigenvalue weighted by molar-refractivity contribution is 6.04. The molecule has 0 bridgehead atoms.